The Balaban J connectivity index is 2.67. The second kappa shape index (κ2) is 9.30. The molecular formula is C12H14N3OPb3. The van der Waals surface area contributed by atoms with Gasteiger partial charge in [-0.3, -0.25) is 0 Å². The first-order valence-electron chi connectivity index (χ1n) is 5.98. The predicted octanol–water partition coefficient (Wildman–Crippen LogP) is -0.986. The van der Waals surface area contributed by atoms with Crippen molar-refractivity contribution in [3.05, 3.63) is 0 Å². The zero-order chi connectivity index (χ0) is 14.4. The molecule has 1 amide bonds. The molecule has 7 heteroatoms. The van der Waals surface area contributed by atoms with E-state index in [9.17, 15) is 10.1 Å². The third-order valence-electron chi connectivity index (χ3n) is 3.29. The van der Waals surface area contributed by atoms with Crippen molar-refractivity contribution in [2.24, 2.45) is 0 Å². The van der Waals surface area contributed by atoms with Crippen LogP contribution < -0.4 is 0 Å². The summed E-state index contributed by atoms with van der Waals surface area (Å²) in [5.74, 6) is 3.33. The Hall–Kier alpha value is 1.25. The van der Waals surface area contributed by atoms with Gasteiger partial charge < -0.3 is 0 Å². The molecule has 0 bridgehead atoms. The van der Waals surface area contributed by atoms with Crippen LogP contribution in [0.15, 0.2) is 0 Å². The van der Waals surface area contributed by atoms with Gasteiger partial charge in [-0.2, -0.15) is 0 Å². The molecule has 9 radical (unpaired) electrons. The number of amides is 1. The van der Waals surface area contributed by atoms with Crippen molar-refractivity contribution in [2.45, 2.75) is 26.0 Å². The van der Waals surface area contributed by atoms with E-state index in [1.165, 1.54) is 0 Å². The van der Waals surface area contributed by atoms with E-state index in [0.717, 1.165) is 103 Å². The number of hydrogen-bond donors (Lipinski definition) is 0. The molecule has 1 heterocycles. The van der Waals surface area contributed by atoms with Crippen molar-refractivity contribution in [1.82, 2.24) is 9.80 Å². The fourth-order valence-electron chi connectivity index (χ4n) is 2.19. The predicted molar refractivity (Wildman–Crippen MR) is 75.6 cm³/mol. The van der Waals surface area contributed by atoms with Crippen LogP contribution in [0.5, 0.6) is 0 Å². The summed E-state index contributed by atoms with van der Waals surface area (Å²) in [5.41, 5.74) is 0. The molecule has 2 atom stereocenters. The molecule has 19 heavy (non-hydrogen) atoms. The number of nitrogens with zero attached hydrogens (tertiary/aromatic N) is 3. The summed E-state index contributed by atoms with van der Waals surface area (Å²) < 4.78 is 3.27. The zero-order valence-corrected chi connectivity index (χ0v) is 22.5. The summed E-state index contributed by atoms with van der Waals surface area (Å²) in [6.07, 6.45) is 1.72. The molecule has 0 aromatic carbocycles. The Labute approximate surface area is 162 Å². The number of likely N-dealkylation sites (tertiary alicyclic amines) is 1. The maximum absolute atomic E-state index is 12.1. The fourth-order valence-corrected chi connectivity index (χ4v) is 3.79. The number of carbonyl (C=O) groups is 1. The summed E-state index contributed by atoms with van der Waals surface area (Å²) in [7, 11) is 2.06. The number of hydrogen-bond acceptors (Lipinski definition) is 3. The summed E-state index contributed by atoms with van der Waals surface area (Å²) in [4.78, 5) is 16.2. The van der Waals surface area contributed by atoms with Gasteiger partial charge in [0.1, 0.15) is 0 Å². The van der Waals surface area contributed by atoms with Gasteiger partial charge in [-0.1, -0.05) is 0 Å². The third kappa shape index (κ3) is 5.51. The Bertz CT molecular complexity index is 424. The van der Waals surface area contributed by atoms with Gasteiger partial charge in [0.15, 0.2) is 0 Å². The second-order valence-corrected chi connectivity index (χ2v) is 18.7. The van der Waals surface area contributed by atoms with Gasteiger partial charge in [0, 0.05) is 0 Å². The fraction of sp³-hybridized carbons (Fsp3) is 0.667. The van der Waals surface area contributed by atoms with Gasteiger partial charge in [0.25, 0.3) is 0 Å². The Kier molecular flexibility index (Phi) is 8.96. The van der Waals surface area contributed by atoms with Gasteiger partial charge in [-0.15, -0.1) is 0 Å². The summed E-state index contributed by atoms with van der Waals surface area (Å²) >= 11 is 2.73. The van der Waals surface area contributed by atoms with Crippen molar-refractivity contribution >= 4 is 83.2 Å². The summed E-state index contributed by atoms with van der Waals surface area (Å²) in [6, 6.07) is 2.44. The van der Waals surface area contributed by atoms with Crippen LogP contribution in [0, 0.1) is 20.7 Å². The van der Waals surface area contributed by atoms with Crippen molar-refractivity contribution < 1.29 is 4.79 Å². The zero-order valence-electron chi connectivity index (χ0n) is 10.8. The van der Waals surface area contributed by atoms with Crippen LogP contribution in [0.1, 0.15) is 12.8 Å². The first-order chi connectivity index (χ1) is 9.01. The van der Waals surface area contributed by atoms with E-state index in [0.29, 0.717) is 6.04 Å². The molecule has 2 unspecified atom stereocenters. The number of rotatable bonds is 3. The molecule has 0 aromatic rings. The van der Waals surface area contributed by atoms with Crippen LogP contribution in [-0.4, -0.2) is 125 Å². The van der Waals surface area contributed by atoms with Gasteiger partial charge in [-0.25, -0.2) is 0 Å². The van der Waals surface area contributed by atoms with E-state index in [4.69, 9.17) is 0 Å². The van der Waals surface area contributed by atoms with Crippen molar-refractivity contribution in [2.75, 3.05) is 20.1 Å². The second-order valence-electron chi connectivity index (χ2n) is 4.50. The molecule has 1 fully saturated rings. The molecule has 95 valence electrons. The van der Waals surface area contributed by atoms with Crippen LogP contribution in [0.4, 0.5) is 0 Å². The number of piperidine rings is 1. The van der Waals surface area contributed by atoms with E-state index < -0.39 is 0 Å². The minimum atomic E-state index is -0.247. The number of nitriles is 1. The monoisotopic (exact) mass is 840 g/mol. The van der Waals surface area contributed by atoms with E-state index in [1.807, 2.05) is 4.90 Å². The van der Waals surface area contributed by atoms with Gasteiger partial charge in [-0.05, 0) is 0 Å². The molecule has 1 rings (SSSR count). The van der Waals surface area contributed by atoms with Gasteiger partial charge >= 0.3 is 165 Å². The standard InChI is InChI=1S/C12H14N3O.3Pb/c1-4-6-14(3)11-5-7-15(10(2)16)12(8-11)9-13;;;/h2,11-12H,5-8H2,3H3;;;. The third-order valence-corrected chi connectivity index (χ3v) is 5.90. The maximum atomic E-state index is 12.1. The van der Waals surface area contributed by atoms with Crippen LogP contribution in [0.2, 0.25) is 1.04 Å². The van der Waals surface area contributed by atoms with Crippen molar-refractivity contribution in [3.63, 3.8) is 0 Å². The molecular weight excluding hydrogens is 824 g/mol. The normalized spacial score (nSPS) is 22.9. The van der Waals surface area contributed by atoms with Gasteiger partial charge in [0.2, 0.25) is 0 Å². The topological polar surface area (TPSA) is 47.3 Å². The molecule has 4 nitrogen and oxygen atoms in total. The molecule has 0 aliphatic carbocycles. The minimum absolute atomic E-state index is 0.213. The Morgan fingerprint density at radius 1 is 1.58 bits per heavy atom. The molecule has 0 spiro atoms. The van der Waals surface area contributed by atoms with E-state index >= 15 is 0 Å². The van der Waals surface area contributed by atoms with Crippen LogP contribution in [-0.2, 0) is 4.79 Å². The first kappa shape index (κ1) is 18.3. The average molecular weight is 838 g/mol. The summed E-state index contributed by atoms with van der Waals surface area (Å²) in [5, 5.41) is 9.31. The molecule has 0 saturated carbocycles. The Morgan fingerprint density at radius 2 is 2.26 bits per heavy atom. The molecule has 0 N–H and O–H groups in total. The molecule has 1 aliphatic rings. The van der Waals surface area contributed by atoms with Crippen molar-refractivity contribution in [1.29, 1.82) is 5.26 Å². The van der Waals surface area contributed by atoms with E-state index in [2.05, 4.69) is 27.4 Å². The van der Waals surface area contributed by atoms with Crippen LogP contribution >= 0.6 is 0 Å². The van der Waals surface area contributed by atoms with Crippen molar-refractivity contribution in [3.8, 4) is 15.5 Å². The van der Waals surface area contributed by atoms with Crippen LogP contribution in [0.3, 0.4) is 0 Å². The molecule has 1 aliphatic heterocycles. The summed E-state index contributed by atoms with van der Waals surface area (Å²) in [6.45, 7) is 1.49. The van der Waals surface area contributed by atoms with E-state index in [1.54, 1.807) is 0 Å². The molecule has 1 saturated heterocycles. The average Bonchev–Trinajstić information content (AvgIpc) is 2.42. The van der Waals surface area contributed by atoms with Crippen LogP contribution in [0.25, 0.3) is 0 Å². The quantitative estimate of drug-likeness (QED) is 0.272. The molecule has 0 aromatic heterocycles. The number of carbonyl (C=O) groups excluding carboxylic acids is 1. The SMILES string of the molecule is CN(CC#[C][Pb])C1CCN(C(=O)[CH]([Pb])[Pb])C(C#N)C1. The van der Waals surface area contributed by atoms with Gasteiger partial charge in [0.05, 0.1) is 0 Å². The Morgan fingerprint density at radius 3 is 2.79 bits per heavy atom. The van der Waals surface area contributed by atoms with E-state index in [-0.39, 0.29) is 13.0 Å². The first-order valence-corrected chi connectivity index (χ1v) is 12.4.